The number of allylic oxidation sites excluding steroid dienone is 1. The van der Waals surface area contributed by atoms with E-state index in [9.17, 15) is 4.79 Å². The molecule has 3 nitrogen and oxygen atoms in total. The smallest absolute Gasteiger partial charge is 0.335 e. The van der Waals surface area contributed by atoms with Gasteiger partial charge in [-0.05, 0) is 34.5 Å². The first-order valence-corrected chi connectivity index (χ1v) is 6.57. The number of carboxylic acid groups (broad SMARTS) is 1. The first-order chi connectivity index (χ1) is 9.34. The van der Waals surface area contributed by atoms with Gasteiger partial charge in [0, 0.05) is 23.8 Å². The molecule has 0 atom stereocenters. The summed E-state index contributed by atoms with van der Waals surface area (Å²) >= 11 is 0. The van der Waals surface area contributed by atoms with Crippen LogP contribution in [0.1, 0.15) is 29.8 Å². The van der Waals surface area contributed by atoms with Crippen LogP contribution in [0, 0.1) is 0 Å². The molecule has 2 aromatic carbocycles. The van der Waals surface area contributed by atoms with Gasteiger partial charge < -0.3 is 10.0 Å². The highest BCUT2D eigenvalue weighted by Gasteiger charge is 2.38. The van der Waals surface area contributed by atoms with E-state index in [1.165, 1.54) is 5.56 Å². The normalized spacial score (nSPS) is 16.6. The van der Waals surface area contributed by atoms with Crippen molar-refractivity contribution in [3.05, 3.63) is 53.7 Å². The summed E-state index contributed by atoms with van der Waals surface area (Å²) in [5, 5.41) is 11.2. The first kappa shape index (κ1) is 12.7. The van der Waals surface area contributed by atoms with E-state index in [1.54, 1.807) is 12.1 Å². The summed E-state index contributed by atoms with van der Waals surface area (Å²) in [6.45, 7) is 8.50. The minimum Gasteiger partial charge on any atom is -0.478 e. The Hall–Kier alpha value is -2.29. The number of rotatable bonds is 1. The van der Waals surface area contributed by atoms with Crippen molar-refractivity contribution in [1.82, 2.24) is 0 Å². The standard InChI is InChI=1S/C17H17NO2/c1-10-17(2,3)15-13-7-5-12(16(19)20)9-11(13)6-8-14(15)18(10)4/h5-9H,1H2,2-4H3,(H,19,20). The van der Waals surface area contributed by atoms with Gasteiger partial charge >= 0.3 is 5.97 Å². The van der Waals surface area contributed by atoms with Gasteiger partial charge in [0.1, 0.15) is 0 Å². The molecule has 3 heteroatoms. The number of benzene rings is 2. The lowest BCUT2D eigenvalue weighted by atomic mass is 9.81. The fourth-order valence-corrected chi connectivity index (χ4v) is 3.10. The second-order valence-corrected chi connectivity index (χ2v) is 5.83. The molecule has 0 aliphatic carbocycles. The summed E-state index contributed by atoms with van der Waals surface area (Å²) in [7, 11) is 2.02. The zero-order valence-electron chi connectivity index (χ0n) is 11.9. The van der Waals surface area contributed by atoms with Gasteiger partial charge in [0.2, 0.25) is 0 Å². The van der Waals surface area contributed by atoms with Crippen LogP contribution < -0.4 is 4.90 Å². The summed E-state index contributed by atoms with van der Waals surface area (Å²) in [4.78, 5) is 13.2. The molecule has 0 saturated heterocycles. The van der Waals surface area contributed by atoms with Crippen molar-refractivity contribution in [1.29, 1.82) is 0 Å². The number of hydrogen-bond acceptors (Lipinski definition) is 2. The molecule has 0 fully saturated rings. The van der Waals surface area contributed by atoms with Crippen molar-refractivity contribution in [2.45, 2.75) is 19.3 Å². The van der Waals surface area contributed by atoms with Crippen LogP contribution in [0.4, 0.5) is 5.69 Å². The van der Waals surface area contributed by atoms with Crippen molar-refractivity contribution in [3.63, 3.8) is 0 Å². The maximum atomic E-state index is 11.1. The van der Waals surface area contributed by atoms with Crippen LogP contribution >= 0.6 is 0 Å². The van der Waals surface area contributed by atoms with Crippen LogP contribution in [0.25, 0.3) is 10.8 Å². The number of hydrogen-bond donors (Lipinski definition) is 1. The van der Waals surface area contributed by atoms with Gasteiger partial charge in [-0.1, -0.05) is 32.6 Å². The molecular weight excluding hydrogens is 250 g/mol. The van der Waals surface area contributed by atoms with Gasteiger partial charge in [-0.25, -0.2) is 4.79 Å². The van der Waals surface area contributed by atoms with E-state index in [0.717, 1.165) is 22.2 Å². The number of likely N-dealkylation sites (N-methyl/N-ethyl adjacent to an activating group) is 1. The molecule has 0 radical (unpaired) electrons. The molecule has 0 amide bonds. The Balaban J connectivity index is 2.36. The minimum atomic E-state index is -0.895. The Labute approximate surface area is 118 Å². The summed E-state index contributed by atoms with van der Waals surface area (Å²) in [6, 6.07) is 9.33. The van der Waals surface area contributed by atoms with E-state index in [-0.39, 0.29) is 5.41 Å². The summed E-state index contributed by atoms with van der Waals surface area (Å²) in [6.07, 6.45) is 0. The van der Waals surface area contributed by atoms with E-state index in [0.29, 0.717) is 5.56 Å². The van der Waals surface area contributed by atoms with Crippen LogP contribution in [-0.2, 0) is 5.41 Å². The number of anilines is 1. The maximum Gasteiger partial charge on any atom is 0.335 e. The van der Waals surface area contributed by atoms with Crippen molar-refractivity contribution in [2.75, 3.05) is 11.9 Å². The third-order valence-corrected chi connectivity index (χ3v) is 4.36. The quantitative estimate of drug-likeness (QED) is 0.854. The van der Waals surface area contributed by atoms with Crippen LogP contribution in [0.5, 0.6) is 0 Å². The molecule has 1 aliphatic heterocycles. The minimum absolute atomic E-state index is 0.145. The van der Waals surface area contributed by atoms with Crippen LogP contribution in [-0.4, -0.2) is 18.1 Å². The third-order valence-electron chi connectivity index (χ3n) is 4.36. The molecule has 0 unspecified atom stereocenters. The lowest BCUT2D eigenvalue weighted by Gasteiger charge is -2.23. The Morgan fingerprint density at radius 2 is 1.95 bits per heavy atom. The molecule has 1 N–H and O–H groups in total. The van der Waals surface area contributed by atoms with E-state index < -0.39 is 5.97 Å². The number of aromatic carboxylic acids is 1. The van der Waals surface area contributed by atoms with Crippen molar-refractivity contribution < 1.29 is 9.90 Å². The highest BCUT2D eigenvalue weighted by atomic mass is 16.4. The van der Waals surface area contributed by atoms with Crippen LogP contribution in [0.3, 0.4) is 0 Å². The van der Waals surface area contributed by atoms with Crippen LogP contribution in [0.15, 0.2) is 42.6 Å². The number of carboxylic acids is 1. The van der Waals surface area contributed by atoms with Crippen molar-refractivity contribution >= 4 is 22.4 Å². The molecule has 0 saturated carbocycles. The molecule has 1 aliphatic rings. The summed E-state index contributed by atoms with van der Waals surface area (Å²) in [5.41, 5.74) is 3.60. The van der Waals surface area contributed by atoms with E-state index in [1.807, 2.05) is 25.2 Å². The fourth-order valence-electron chi connectivity index (χ4n) is 3.10. The zero-order chi connectivity index (χ0) is 14.7. The lowest BCUT2D eigenvalue weighted by molar-refractivity contribution is 0.0697. The van der Waals surface area contributed by atoms with Gasteiger partial charge in [-0.2, -0.15) is 0 Å². The summed E-state index contributed by atoms with van der Waals surface area (Å²) in [5.74, 6) is -0.895. The van der Waals surface area contributed by atoms with Crippen molar-refractivity contribution in [2.24, 2.45) is 0 Å². The molecule has 3 rings (SSSR count). The molecule has 1 heterocycles. The van der Waals surface area contributed by atoms with Gasteiger partial charge in [0.15, 0.2) is 0 Å². The number of nitrogens with zero attached hydrogens (tertiary/aromatic N) is 1. The topological polar surface area (TPSA) is 40.5 Å². The monoisotopic (exact) mass is 267 g/mol. The Morgan fingerprint density at radius 1 is 1.25 bits per heavy atom. The van der Waals surface area contributed by atoms with E-state index >= 15 is 0 Å². The highest BCUT2D eigenvalue weighted by molar-refractivity contribution is 5.99. The van der Waals surface area contributed by atoms with Crippen molar-refractivity contribution in [3.8, 4) is 0 Å². The summed E-state index contributed by atoms with van der Waals surface area (Å²) < 4.78 is 0. The average molecular weight is 267 g/mol. The molecule has 0 bridgehead atoms. The number of fused-ring (bicyclic) bond motifs is 3. The van der Waals surface area contributed by atoms with Gasteiger partial charge in [-0.3, -0.25) is 0 Å². The van der Waals surface area contributed by atoms with Crippen LogP contribution in [0.2, 0.25) is 0 Å². The zero-order valence-corrected chi connectivity index (χ0v) is 11.9. The molecule has 0 spiro atoms. The molecule has 20 heavy (non-hydrogen) atoms. The predicted octanol–water partition coefficient (Wildman–Crippen LogP) is 3.78. The van der Waals surface area contributed by atoms with E-state index in [4.69, 9.17) is 5.11 Å². The highest BCUT2D eigenvalue weighted by Crippen LogP contribution is 2.49. The second kappa shape index (κ2) is 3.85. The number of carbonyl (C=O) groups is 1. The molecule has 0 aromatic heterocycles. The SMILES string of the molecule is C=C1N(C)c2ccc3cc(C(=O)O)ccc3c2C1(C)C. The maximum absolute atomic E-state index is 11.1. The lowest BCUT2D eigenvalue weighted by Crippen LogP contribution is -2.21. The third kappa shape index (κ3) is 1.49. The average Bonchev–Trinajstić information content (AvgIpc) is 2.59. The fraction of sp³-hybridized carbons (Fsp3) is 0.235. The van der Waals surface area contributed by atoms with E-state index in [2.05, 4.69) is 25.3 Å². The molecule has 2 aromatic rings. The van der Waals surface area contributed by atoms with Gasteiger partial charge in [0.25, 0.3) is 0 Å². The Morgan fingerprint density at radius 3 is 2.60 bits per heavy atom. The predicted molar refractivity (Wildman–Crippen MR) is 81.5 cm³/mol. The first-order valence-electron chi connectivity index (χ1n) is 6.57. The Kier molecular flexibility index (Phi) is 2.45. The van der Waals surface area contributed by atoms with Gasteiger partial charge in [0.05, 0.1) is 5.56 Å². The molecular formula is C17H17NO2. The Bertz CT molecular complexity index is 759. The van der Waals surface area contributed by atoms with Gasteiger partial charge in [-0.15, -0.1) is 0 Å². The largest absolute Gasteiger partial charge is 0.478 e. The second-order valence-electron chi connectivity index (χ2n) is 5.83. The molecule has 102 valence electrons.